The van der Waals surface area contributed by atoms with Crippen molar-refractivity contribution >= 4 is 5.91 Å². The molecule has 0 aromatic heterocycles. The fraction of sp³-hybridized carbons (Fsp3) is 0.423. The average molecular weight is 449 g/mol. The van der Waals surface area contributed by atoms with Crippen LogP contribution >= 0.6 is 0 Å². The molecule has 1 N–H and O–H groups in total. The highest BCUT2D eigenvalue weighted by molar-refractivity contribution is 5.89. The van der Waals surface area contributed by atoms with Gasteiger partial charge < -0.3 is 24.2 Å². The topological polar surface area (TPSA) is 71.5 Å². The van der Waals surface area contributed by atoms with Crippen molar-refractivity contribution in [1.82, 2.24) is 9.80 Å². The molecular formula is C26H28N2O5. The molecule has 1 aliphatic carbocycles. The maximum Gasteiger partial charge on any atom is 0.241 e. The van der Waals surface area contributed by atoms with Crippen molar-refractivity contribution in [3.63, 3.8) is 0 Å². The fourth-order valence-electron chi connectivity index (χ4n) is 6.20. The van der Waals surface area contributed by atoms with Gasteiger partial charge in [0.25, 0.3) is 0 Å². The molecule has 1 amide bonds. The van der Waals surface area contributed by atoms with E-state index in [1.165, 1.54) is 5.56 Å². The van der Waals surface area contributed by atoms with E-state index in [0.717, 1.165) is 42.0 Å². The van der Waals surface area contributed by atoms with Gasteiger partial charge in [-0.25, -0.2) is 0 Å². The molecule has 4 aliphatic rings. The number of phenols is 1. The lowest BCUT2D eigenvalue weighted by Crippen LogP contribution is -2.58. The van der Waals surface area contributed by atoms with Gasteiger partial charge in [0.05, 0.1) is 11.5 Å². The number of phenolic OH excluding ortho intramolecular Hbond substituents is 1. The van der Waals surface area contributed by atoms with Crippen LogP contribution in [0, 0.1) is 0 Å². The van der Waals surface area contributed by atoms with Crippen LogP contribution in [0.1, 0.15) is 23.1 Å². The lowest BCUT2D eigenvalue weighted by molar-refractivity contribution is -0.132. The number of fused-ring (bicyclic) bond motifs is 2. The molecule has 0 saturated carbocycles. The van der Waals surface area contributed by atoms with E-state index in [1.54, 1.807) is 19.2 Å². The first-order valence-electron chi connectivity index (χ1n) is 11.4. The zero-order valence-electron chi connectivity index (χ0n) is 18.9. The van der Waals surface area contributed by atoms with Crippen LogP contribution in [-0.4, -0.2) is 66.5 Å². The average Bonchev–Trinajstić information content (AvgIpc) is 3.38. The minimum Gasteiger partial charge on any atom is -0.508 e. The van der Waals surface area contributed by atoms with E-state index in [-0.39, 0.29) is 36.6 Å². The number of hydrogen-bond donors (Lipinski definition) is 1. The van der Waals surface area contributed by atoms with Crippen LogP contribution in [0.15, 0.2) is 48.6 Å². The van der Waals surface area contributed by atoms with Crippen LogP contribution in [0.3, 0.4) is 0 Å². The normalized spacial score (nSPS) is 29.7. The highest BCUT2D eigenvalue weighted by Crippen LogP contribution is 2.54. The molecule has 2 aromatic carbocycles. The van der Waals surface area contributed by atoms with Gasteiger partial charge in [-0.05, 0) is 53.8 Å². The molecule has 7 nitrogen and oxygen atoms in total. The second-order valence-electron chi connectivity index (χ2n) is 9.42. The molecule has 172 valence electrons. The molecular weight excluding hydrogens is 420 g/mol. The monoisotopic (exact) mass is 448 g/mol. The Morgan fingerprint density at radius 3 is 2.70 bits per heavy atom. The molecule has 1 spiro atoms. The number of likely N-dealkylation sites (tertiary alicyclic amines) is 1. The van der Waals surface area contributed by atoms with Gasteiger partial charge in [0.2, 0.25) is 12.7 Å². The molecule has 0 bridgehead atoms. The van der Waals surface area contributed by atoms with Crippen LogP contribution in [0.2, 0.25) is 0 Å². The summed E-state index contributed by atoms with van der Waals surface area (Å²) < 4.78 is 17.1. The number of carbonyl (C=O) groups excluding carboxylic acids is 1. The van der Waals surface area contributed by atoms with Crippen LogP contribution in [-0.2, 0) is 27.9 Å². The quantitative estimate of drug-likeness (QED) is 0.725. The smallest absolute Gasteiger partial charge is 0.241 e. The predicted octanol–water partition coefficient (Wildman–Crippen LogP) is 2.60. The number of nitrogens with zero attached hydrogens (tertiary/aromatic N) is 2. The van der Waals surface area contributed by atoms with E-state index in [2.05, 4.69) is 29.2 Å². The first-order valence-corrected chi connectivity index (χ1v) is 11.4. The van der Waals surface area contributed by atoms with Gasteiger partial charge in [-0.2, -0.15) is 0 Å². The summed E-state index contributed by atoms with van der Waals surface area (Å²) in [6.45, 7) is 1.63. The Morgan fingerprint density at radius 1 is 1.18 bits per heavy atom. The number of aromatic hydroxyl groups is 1. The van der Waals surface area contributed by atoms with Gasteiger partial charge >= 0.3 is 0 Å². The van der Waals surface area contributed by atoms with E-state index in [1.807, 2.05) is 24.1 Å². The van der Waals surface area contributed by atoms with Crippen molar-refractivity contribution in [3.8, 4) is 17.2 Å². The minimum atomic E-state index is -0.468. The number of rotatable bonds is 4. The third-order valence-corrected chi connectivity index (χ3v) is 7.83. The van der Waals surface area contributed by atoms with Gasteiger partial charge in [0, 0.05) is 33.3 Å². The van der Waals surface area contributed by atoms with Gasteiger partial charge in [-0.1, -0.05) is 24.3 Å². The van der Waals surface area contributed by atoms with Crippen molar-refractivity contribution in [2.24, 2.45) is 0 Å². The lowest BCUT2D eigenvalue weighted by Gasteiger charge is -2.49. The highest BCUT2D eigenvalue weighted by Gasteiger charge is 2.63. The third-order valence-electron chi connectivity index (χ3n) is 7.83. The Balaban J connectivity index is 1.45. The van der Waals surface area contributed by atoms with E-state index in [4.69, 9.17) is 14.2 Å². The fourth-order valence-corrected chi connectivity index (χ4v) is 6.20. The standard InChI is InChI=1S/C26H28N2O5/c1-27-23-12-19(31-2)7-9-26(23)20-13-22-21(32-15-33-22)11-17(20)14-28(24(26)25(27)30)10-8-16-3-5-18(29)6-4-16/h3-7,9,11,13,19,23-24,29H,8,10,12,14-15H2,1-2H3/t19-,23+,24-,26+/m0/s1. The maximum atomic E-state index is 13.7. The summed E-state index contributed by atoms with van der Waals surface area (Å²) in [5.41, 5.74) is 3.00. The summed E-state index contributed by atoms with van der Waals surface area (Å²) >= 11 is 0. The number of amides is 1. The van der Waals surface area contributed by atoms with Crippen molar-refractivity contribution < 1.29 is 24.1 Å². The first kappa shape index (κ1) is 20.6. The summed E-state index contributed by atoms with van der Waals surface area (Å²) in [5, 5.41) is 9.62. The number of carbonyl (C=O) groups is 1. The van der Waals surface area contributed by atoms with Crippen molar-refractivity contribution in [3.05, 3.63) is 65.2 Å². The van der Waals surface area contributed by atoms with Gasteiger partial charge in [-0.3, -0.25) is 9.69 Å². The van der Waals surface area contributed by atoms with Crippen LogP contribution in [0.4, 0.5) is 0 Å². The third kappa shape index (κ3) is 2.99. The molecule has 6 rings (SSSR count). The molecule has 33 heavy (non-hydrogen) atoms. The lowest BCUT2D eigenvalue weighted by atomic mass is 9.63. The largest absolute Gasteiger partial charge is 0.508 e. The number of hydrogen-bond acceptors (Lipinski definition) is 6. The van der Waals surface area contributed by atoms with Crippen molar-refractivity contribution in [1.29, 1.82) is 0 Å². The second-order valence-corrected chi connectivity index (χ2v) is 9.42. The Labute approximate surface area is 193 Å². The Kier molecular flexibility index (Phi) is 4.67. The van der Waals surface area contributed by atoms with Gasteiger partial charge in [0.15, 0.2) is 11.5 Å². The number of benzene rings is 2. The van der Waals surface area contributed by atoms with Crippen LogP contribution in [0.5, 0.6) is 17.2 Å². The number of ether oxygens (including phenoxy) is 3. The first-order chi connectivity index (χ1) is 16.0. The van der Waals surface area contributed by atoms with E-state index >= 15 is 0 Å². The second kappa shape index (κ2) is 7.50. The zero-order chi connectivity index (χ0) is 22.7. The summed E-state index contributed by atoms with van der Waals surface area (Å²) in [5.74, 6) is 1.93. The molecule has 4 atom stereocenters. The summed E-state index contributed by atoms with van der Waals surface area (Å²) in [7, 11) is 3.64. The summed E-state index contributed by atoms with van der Waals surface area (Å²) in [6.07, 6.45) is 5.87. The highest BCUT2D eigenvalue weighted by atomic mass is 16.7. The molecule has 7 heteroatoms. The van der Waals surface area contributed by atoms with Gasteiger partial charge in [-0.15, -0.1) is 0 Å². The molecule has 0 radical (unpaired) electrons. The van der Waals surface area contributed by atoms with E-state index < -0.39 is 5.41 Å². The molecule has 0 unspecified atom stereocenters. The molecule has 2 aromatic rings. The minimum absolute atomic E-state index is 0.000504. The van der Waals surface area contributed by atoms with Crippen LogP contribution < -0.4 is 9.47 Å². The van der Waals surface area contributed by atoms with Crippen LogP contribution in [0.25, 0.3) is 0 Å². The number of likely N-dealkylation sites (N-methyl/N-ethyl adjacent to an activating group) is 1. The molecule has 3 aliphatic heterocycles. The molecule has 1 fully saturated rings. The maximum absolute atomic E-state index is 13.7. The Bertz CT molecular complexity index is 1130. The Hall–Kier alpha value is -3.03. The SMILES string of the molecule is CO[C@H]1C=C[C@]23c4cc5c(cc4CN(CCc4ccc(O)cc4)[C@H]2C(=O)N(C)[C@@H]3C1)OCO5. The summed E-state index contributed by atoms with van der Waals surface area (Å²) in [4.78, 5) is 18.0. The van der Waals surface area contributed by atoms with Crippen molar-refractivity contribution in [2.45, 2.75) is 43.0 Å². The number of methoxy groups -OCH3 is 1. The summed E-state index contributed by atoms with van der Waals surface area (Å²) in [6, 6.07) is 11.2. The van der Waals surface area contributed by atoms with E-state index in [9.17, 15) is 9.90 Å². The van der Waals surface area contributed by atoms with Gasteiger partial charge in [0.1, 0.15) is 11.8 Å². The Morgan fingerprint density at radius 2 is 1.94 bits per heavy atom. The van der Waals surface area contributed by atoms with E-state index in [0.29, 0.717) is 6.54 Å². The zero-order valence-corrected chi connectivity index (χ0v) is 18.9. The van der Waals surface area contributed by atoms with Crippen molar-refractivity contribution in [2.75, 3.05) is 27.5 Å². The predicted molar refractivity (Wildman–Crippen MR) is 121 cm³/mol. The molecule has 3 heterocycles. The molecule has 1 saturated heterocycles.